The Balaban J connectivity index is 1.30. The Morgan fingerprint density at radius 3 is 2.79 bits per heavy atom. The zero-order chi connectivity index (χ0) is 23.1. The molecule has 2 fully saturated rings. The highest BCUT2D eigenvalue weighted by atomic mass is 31.1. The number of carbonyl (C=O) groups excluding carboxylic acids is 1. The molecule has 2 aromatic heterocycles. The van der Waals surface area contributed by atoms with Crippen LogP contribution in [0.5, 0.6) is 0 Å². The van der Waals surface area contributed by atoms with E-state index in [1.165, 1.54) is 12.8 Å². The summed E-state index contributed by atoms with van der Waals surface area (Å²) in [6.07, 6.45) is 15.6. The molecule has 2 aromatic rings. The minimum atomic E-state index is -0.335. The first-order chi connectivity index (χ1) is 16.0. The third-order valence-corrected chi connectivity index (χ3v) is 8.44. The monoisotopic (exact) mass is 467 g/mol. The Morgan fingerprint density at radius 1 is 1.27 bits per heavy atom. The number of aryl methyl sites for hydroxylation is 1. The Labute approximate surface area is 196 Å². The number of hydrogen-bond donors (Lipinski definition) is 0. The number of allylic oxidation sites excluding steroid dienone is 2. The van der Waals surface area contributed by atoms with Crippen LogP contribution >= 0.6 is 8.58 Å². The molecule has 3 atom stereocenters. The number of hydrogen-bond acceptors (Lipinski definition) is 4. The van der Waals surface area contributed by atoms with E-state index in [4.69, 9.17) is 0 Å². The maximum atomic E-state index is 14.6. The molecular formula is C25H31FN5OP. The average molecular weight is 468 g/mol. The second kappa shape index (κ2) is 9.03. The van der Waals surface area contributed by atoms with Crippen LogP contribution in [0, 0.1) is 12.7 Å². The first kappa shape index (κ1) is 22.3. The van der Waals surface area contributed by atoms with Crippen LogP contribution in [-0.2, 0) is 4.79 Å². The van der Waals surface area contributed by atoms with Crippen LogP contribution in [0.25, 0.3) is 11.0 Å². The van der Waals surface area contributed by atoms with Crippen LogP contribution in [-0.4, -0.2) is 68.0 Å². The second-order valence-corrected chi connectivity index (χ2v) is 10.6. The normalized spacial score (nSPS) is 24.8. The molecule has 0 spiro atoms. The van der Waals surface area contributed by atoms with Crippen molar-refractivity contribution in [2.75, 3.05) is 19.6 Å². The predicted octanol–water partition coefficient (Wildman–Crippen LogP) is 4.19. The topological polar surface area (TPSA) is 44.1 Å². The predicted molar refractivity (Wildman–Crippen MR) is 132 cm³/mol. The molecule has 1 saturated heterocycles. The molecule has 1 amide bonds. The fourth-order valence-electron chi connectivity index (χ4n) is 4.95. The lowest BCUT2D eigenvalue weighted by Gasteiger charge is -2.42. The molecule has 0 bridgehead atoms. The summed E-state index contributed by atoms with van der Waals surface area (Å²) in [7, 11) is 0.303. The Hall–Kier alpha value is -2.50. The molecule has 5 rings (SSSR count). The minimum absolute atomic E-state index is 0.0779. The van der Waals surface area contributed by atoms with Crippen LogP contribution in [0.3, 0.4) is 0 Å². The number of fused-ring (bicyclic) bond motifs is 1. The molecule has 2 aliphatic heterocycles. The van der Waals surface area contributed by atoms with E-state index < -0.39 is 0 Å². The molecule has 1 aliphatic carbocycles. The van der Waals surface area contributed by atoms with E-state index >= 15 is 0 Å². The minimum Gasteiger partial charge on any atom is -0.368 e. The lowest BCUT2D eigenvalue weighted by atomic mass is 10.1. The van der Waals surface area contributed by atoms with Gasteiger partial charge in [0.05, 0.1) is 17.2 Å². The maximum absolute atomic E-state index is 14.6. The van der Waals surface area contributed by atoms with E-state index in [2.05, 4.69) is 33.9 Å². The number of nitrogens with zero attached hydrogens (tertiary/aromatic N) is 5. The first-order valence-corrected chi connectivity index (χ1v) is 12.8. The highest BCUT2D eigenvalue weighted by molar-refractivity contribution is 7.51. The number of amides is 1. The summed E-state index contributed by atoms with van der Waals surface area (Å²) in [6.45, 7) is 9.17. The summed E-state index contributed by atoms with van der Waals surface area (Å²) in [6, 6.07) is 2.85. The van der Waals surface area contributed by atoms with E-state index in [1.54, 1.807) is 15.4 Å². The van der Waals surface area contributed by atoms with Gasteiger partial charge >= 0.3 is 0 Å². The molecule has 3 aliphatic rings. The number of imidazole rings is 1. The van der Waals surface area contributed by atoms with Gasteiger partial charge in [-0.1, -0.05) is 20.7 Å². The molecule has 33 heavy (non-hydrogen) atoms. The second-order valence-electron chi connectivity index (χ2n) is 9.21. The standard InChI is InChI=1S/C25H31FN5OP/c1-4-23(19-11-22(26)25-27-17(2)12-29(25)14-19)33-24-8-7-21(15-30(24)16-32)28-9-10-31(18(3)13-28)20-5-6-20/h4,7-8,11-12,14-16,18,20,24,33H,5-6,9-10,13H2,1-3H3/b23-4-/t18-,24?/m0/s1. The quantitative estimate of drug-likeness (QED) is 0.472. The number of aromatic nitrogens is 2. The summed E-state index contributed by atoms with van der Waals surface area (Å²) < 4.78 is 16.4. The average Bonchev–Trinajstić information content (AvgIpc) is 3.57. The summed E-state index contributed by atoms with van der Waals surface area (Å²) in [5.74, 6) is -0.413. The van der Waals surface area contributed by atoms with Gasteiger partial charge in [-0.05, 0) is 51.1 Å². The zero-order valence-corrected chi connectivity index (χ0v) is 20.4. The Kier molecular flexibility index (Phi) is 6.11. The lowest BCUT2D eigenvalue weighted by Crippen LogP contribution is -2.52. The fourth-order valence-corrected chi connectivity index (χ4v) is 6.21. The van der Waals surface area contributed by atoms with Gasteiger partial charge in [0, 0.05) is 55.9 Å². The summed E-state index contributed by atoms with van der Waals surface area (Å²) >= 11 is 0. The highest BCUT2D eigenvalue weighted by Gasteiger charge is 2.36. The van der Waals surface area contributed by atoms with Gasteiger partial charge in [-0.15, -0.1) is 0 Å². The van der Waals surface area contributed by atoms with Crippen molar-refractivity contribution >= 4 is 26.0 Å². The highest BCUT2D eigenvalue weighted by Crippen LogP contribution is 2.41. The van der Waals surface area contributed by atoms with Crippen molar-refractivity contribution in [2.24, 2.45) is 0 Å². The number of pyridine rings is 1. The fraction of sp³-hybridized carbons (Fsp3) is 0.440. The Morgan fingerprint density at radius 2 is 2.09 bits per heavy atom. The molecule has 8 heteroatoms. The van der Waals surface area contributed by atoms with Crippen LogP contribution < -0.4 is 0 Å². The van der Waals surface area contributed by atoms with E-state index in [0.29, 0.717) is 20.3 Å². The summed E-state index contributed by atoms with van der Waals surface area (Å²) in [5.41, 5.74) is 3.03. The lowest BCUT2D eigenvalue weighted by molar-refractivity contribution is -0.116. The van der Waals surface area contributed by atoms with Gasteiger partial charge in [-0.25, -0.2) is 9.37 Å². The van der Waals surface area contributed by atoms with E-state index in [-0.39, 0.29) is 11.6 Å². The van der Waals surface area contributed by atoms with E-state index in [0.717, 1.165) is 54.4 Å². The molecular weight excluding hydrogens is 436 g/mol. The van der Waals surface area contributed by atoms with Crippen molar-refractivity contribution in [2.45, 2.75) is 51.5 Å². The largest absolute Gasteiger partial charge is 0.368 e. The van der Waals surface area contributed by atoms with Crippen molar-refractivity contribution in [1.82, 2.24) is 24.1 Å². The third-order valence-electron chi connectivity index (χ3n) is 6.76. The van der Waals surface area contributed by atoms with Crippen LogP contribution in [0.4, 0.5) is 4.39 Å². The van der Waals surface area contributed by atoms with Crippen LogP contribution in [0.2, 0.25) is 0 Å². The van der Waals surface area contributed by atoms with Gasteiger partial charge in [-0.2, -0.15) is 0 Å². The first-order valence-electron chi connectivity index (χ1n) is 11.7. The Bertz CT molecular complexity index is 1150. The van der Waals surface area contributed by atoms with Gasteiger partial charge in [0.1, 0.15) is 0 Å². The van der Waals surface area contributed by atoms with Crippen LogP contribution in [0.1, 0.15) is 37.9 Å². The molecule has 0 aromatic carbocycles. The van der Waals surface area contributed by atoms with Gasteiger partial charge in [0.2, 0.25) is 6.41 Å². The summed E-state index contributed by atoms with van der Waals surface area (Å²) in [4.78, 5) is 23.0. The molecule has 174 valence electrons. The van der Waals surface area contributed by atoms with Crippen molar-refractivity contribution in [3.8, 4) is 0 Å². The third kappa shape index (κ3) is 4.49. The molecule has 0 N–H and O–H groups in total. The number of halogens is 1. The van der Waals surface area contributed by atoms with Crippen molar-refractivity contribution in [3.63, 3.8) is 0 Å². The molecule has 4 heterocycles. The number of rotatable bonds is 6. The van der Waals surface area contributed by atoms with Gasteiger partial charge in [0.15, 0.2) is 11.5 Å². The summed E-state index contributed by atoms with van der Waals surface area (Å²) in [5, 5.41) is 1.02. The molecule has 1 saturated carbocycles. The van der Waals surface area contributed by atoms with Crippen molar-refractivity contribution < 1.29 is 9.18 Å². The van der Waals surface area contributed by atoms with E-state index in [9.17, 15) is 9.18 Å². The maximum Gasteiger partial charge on any atom is 0.214 e. The van der Waals surface area contributed by atoms with Gasteiger partial charge in [-0.3, -0.25) is 9.69 Å². The van der Waals surface area contributed by atoms with Crippen molar-refractivity contribution in [3.05, 3.63) is 65.7 Å². The van der Waals surface area contributed by atoms with E-state index in [1.807, 2.05) is 38.5 Å². The zero-order valence-electron chi connectivity index (χ0n) is 19.4. The smallest absolute Gasteiger partial charge is 0.214 e. The SMILES string of the molecule is C/C=C(\PC1C=CC(N2CCN(C3CC3)[C@@H](C)C2)=CN1C=O)c1cc(F)c2nc(C)cn2c1. The van der Waals surface area contributed by atoms with Gasteiger partial charge in [0.25, 0.3) is 0 Å². The van der Waals surface area contributed by atoms with Crippen LogP contribution in [0.15, 0.2) is 48.6 Å². The van der Waals surface area contributed by atoms with Crippen molar-refractivity contribution in [1.29, 1.82) is 0 Å². The number of piperazine rings is 1. The molecule has 2 unspecified atom stereocenters. The molecule has 0 radical (unpaired) electrons. The van der Waals surface area contributed by atoms with Gasteiger partial charge < -0.3 is 14.2 Å². The molecule has 6 nitrogen and oxygen atoms in total. The number of carbonyl (C=O) groups is 1.